The smallest absolute Gasteiger partial charge is 0.252 e. The van der Waals surface area contributed by atoms with Gasteiger partial charge in [0.15, 0.2) is 0 Å². The number of aromatic nitrogens is 1. The van der Waals surface area contributed by atoms with Crippen molar-refractivity contribution in [3.05, 3.63) is 28.5 Å². The molecule has 0 aliphatic heterocycles. The van der Waals surface area contributed by atoms with E-state index in [0.29, 0.717) is 22.5 Å². The first-order valence-corrected chi connectivity index (χ1v) is 11.6. The van der Waals surface area contributed by atoms with Gasteiger partial charge in [-0.25, -0.2) is 0 Å². The topological polar surface area (TPSA) is 74.2 Å². The molecule has 5 rings (SSSR count). The maximum absolute atomic E-state index is 12.9. The van der Waals surface area contributed by atoms with E-state index in [1.807, 2.05) is 6.07 Å². The lowest BCUT2D eigenvalue weighted by Crippen LogP contribution is -2.51. The molecule has 6 heteroatoms. The van der Waals surface area contributed by atoms with E-state index in [1.165, 1.54) is 38.5 Å². The zero-order valence-corrected chi connectivity index (χ0v) is 18.2. The minimum absolute atomic E-state index is 0.0679. The quantitative estimate of drug-likeness (QED) is 0.535. The van der Waals surface area contributed by atoms with Gasteiger partial charge in [0.25, 0.3) is 5.91 Å². The van der Waals surface area contributed by atoms with Crippen LogP contribution in [0.3, 0.4) is 0 Å². The number of hydrogen-bond donors (Lipinski definition) is 3. The molecule has 0 radical (unpaired) electrons. The zero-order valence-electron chi connectivity index (χ0n) is 17.4. The van der Waals surface area contributed by atoms with Gasteiger partial charge in [0.1, 0.15) is 0 Å². The van der Waals surface area contributed by atoms with Crippen molar-refractivity contribution in [1.29, 1.82) is 0 Å². The Morgan fingerprint density at radius 2 is 1.93 bits per heavy atom. The first-order chi connectivity index (χ1) is 13.9. The Hall–Kier alpha value is -1.17. The zero-order chi connectivity index (χ0) is 20.4. The Kier molecular flexibility index (Phi) is 6.47. The van der Waals surface area contributed by atoms with Crippen LogP contribution in [-0.4, -0.2) is 41.7 Å². The summed E-state index contributed by atoms with van der Waals surface area (Å²) in [7, 11) is 0. The molecule has 1 aromatic rings. The highest BCUT2D eigenvalue weighted by molar-refractivity contribution is 6.33. The Morgan fingerprint density at radius 3 is 2.55 bits per heavy atom. The van der Waals surface area contributed by atoms with Crippen LogP contribution < -0.4 is 10.6 Å². The van der Waals surface area contributed by atoms with E-state index in [-0.39, 0.29) is 12.0 Å². The monoisotopic (exact) mass is 419 g/mol. The second-order valence-corrected chi connectivity index (χ2v) is 10.3. The van der Waals surface area contributed by atoms with Gasteiger partial charge in [0, 0.05) is 25.0 Å². The van der Waals surface area contributed by atoms with E-state index in [9.17, 15) is 9.90 Å². The molecular formula is C23H34ClN3O2. The second-order valence-electron chi connectivity index (χ2n) is 9.91. The van der Waals surface area contributed by atoms with E-state index in [1.54, 1.807) is 13.1 Å². The van der Waals surface area contributed by atoms with Crippen LogP contribution in [0.4, 0.5) is 0 Å². The van der Waals surface area contributed by atoms with Gasteiger partial charge in [-0.1, -0.05) is 11.6 Å². The third-order valence-electron chi connectivity index (χ3n) is 7.17. The lowest BCUT2D eigenvalue weighted by atomic mass is 9.49. The number of aliphatic hydroxyl groups excluding tert-OH is 1. The molecule has 4 fully saturated rings. The number of rotatable bonds is 9. The standard InChI is InChI=1S/C23H34ClN3O2/c1-15(28)12-25-4-2-3-19-8-20(21(24)13-26-19)22(29)27-14-23-9-16-5-17(10-23)7-18(6-16)11-23/h8,13,15-18,25,28H,2-7,9-12,14H2,1H3,(H,27,29)/t15-,16?,17?,18?,23?/m1/s1. The molecule has 0 unspecified atom stereocenters. The number of aryl methyl sites for hydroxylation is 1. The first-order valence-electron chi connectivity index (χ1n) is 11.2. The van der Waals surface area contributed by atoms with E-state index < -0.39 is 0 Å². The van der Waals surface area contributed by atoms with Crippen LogP contribution in [0.2, 0.25) is 5.02 Å². The first kappa shape index (κ1) is 21.1. The SMILES string of the molecule is C[C@@H](O)CNCCCc1cc(C(=O)NCC23CC4CC(CC(C4)C2)C3)c(Cl)cn1. The number of hydrogen-bond acceptors (Lipinski definition) is 4. The fourth-order valence-corrected chi connectivity index (χ4v) is 6.56. The summed E-state index contributed by atoms with van der Waals surface area (Å²) in [6, 6.07) is 1.84. The second kappa shape index (κ2) is 8.91. The minimum atomic E-state index is -0.340. The third-order valence-corrected chi connectivity index (χ3v) is 7.47. The Labute approximate surface area is 179 Å². The Bertz CT molecular complexity index is 702. The summed E-state index contributed by atoms with van der Waals surface area (Å²) in [6.07, 6.45) is 11.0. The molecule has 0 saturated heterocycles. The fraction of sp³-hybridized carbons (Fsp3) is 0.739. The van der Waals surface area contributed by atoms with Crippen LogP contribution in [0.25, 0.3) is 0 Å². The molecular weight excluding hydrogens is 386 g/mol. The molecule has 0 aromatic carbocycles. The highest BCUT2D eigenvalue weighted by atomic mass is 35.5. The highest BCUT2D eigenvalue weighted by Crippen LogP contribution is 2.59. The summed E-state index contributed by atoms with van der Waals surface area (Å²) < 4.78 is 0. The summed E-state index contributed by atoms with van der Waals surface area (Å²) in [6.45, 7) is 3.95. The molecule has 0 spiro atoms. The number of carbonyl (C=O) groups excluding carboxylic acids is 1. The average Bonchev–Trinajstić information content (AvgIpc) is 2.66. The van der Waals surface area contributed by atoms with Gasteiger partial charge in [-0.15, -0.1) is 0 Å². The molecule has 4 aliphatic carbocycles. The maximum Gasteiger partial charge on any atom is 0.252 e. The summed E-state index contributed by atoms with van der Waals surface area (Å²) in [5.41, 5.74) is 1.74. The highest BCUT2D eigenvalue weighted by Gasteiger charge is 2.50. The number of nitrogens with zero attached hydrogens (tertiary/aromatic N) is 1. The molecule has 4 bridgehead atoms. The fourth-order valence-electron chi connectivity index (χ4n) is 6.37. The minimum Gasteiger partial charge on any atom is -0.392 e. The predicted molar refractivity (Wildman–Crippen MR) is 115 cm³/mol. The maximum atomic E-state index is 12.9. The van der Waals surface area contributed by atoms with Gasteiger partial charge in [0.05, 0.1) is 16.7 Å². The van der Waals surface area contributed by atoms with Crippen molar-refractivity contribution in [3.63, 3.8) is 0 Å². The van der Waals surface area contributed by atoms with Crippen molar-refractivity contribution < 1.29 is 9.90 Å². The van der Waals surface area contributed by atoms with Crippen LogP contribution in [0.5, 0.6) is 0 Å². The van der Waals surface area contributed by atoms with Crippen molar-refractivity contribution in [2.75, 3.05) is 19.6 Å². The molecule has 1 amide bonds. The van der Waals surface area contributed by atoms with E-state index in [0.717, 1.165) is 49.4 Å². The lowest BCUT2D eigenvalue weighted by Gasteiger charge is -2.56. The van der Waals surface area contributed by atoms with Crippen LogP contribution in [-0.2, 0) is 6.42 Å². The molecule has 4 aliphatic rings. The lowest BCUT2D eigenvalue weighted by molar-refractivity contribution is -0.0503. The number of nitrogens with one attached hydrogen (secondary N) is 2. The van der Waals surface area contributed by atoms with Crippen LogP contribution in [0.15, 0.2) is 12.3 Å². The van der Waals surface area contributed by atoms with E-state index in [4.69, 9.17) is 11.6 Å². The van der Waals surface area contributed by atoms with Gasteiger partial charge < -0.3 is 15.7 Å². The molecule has 29 heavy (non-hydrogen) atoms. The van der Waals surface area contributed by atoms with Gasteiger partial charge in [-0.2, -0.15) is 0 Å². The molecule has 1 aromatic heterocycles. The molecule has 4 saturated carbocycles. The summed E-state index contributed by atoms with van der Waals surface area (Å²) in [5.74, 6) is 2.59. The van der Waals surface area contributed by atoms with Crippen LogP contribution in [0.1, 0.15) is 67.9 Å². The number of halogens is 1. The van der Waals surface area contributed by atoms with Gasteiger partial charge in [0.2, 0.25) is 0 Å². The summed E-state index contributed by atoms with van der Waals surface area (Å²) in [4.78, 5) is 17.3. The molecule has 5 nitrogen and oxygen atoms in total. The van der Waals surface area contributed by atoms with Gasteiger partial charge in [-0.3, -0.25) is 9.78 Å². The van der Waals surface area contributed by atoms with Crippen LogP contribution >= 0.6 is 11.6 Å². The predicted octanol–water partition coefficient (Wildman–Crippen LogP) is 3.58. The molecule has 3 N–H and O–H groups in total. The van der Waals surface area contributed by atoms with Crippen molar-refractivity contribution >= 4 is 17.5 Å². The number of aliphatic hydroxyl groups is 1. The van der Waals surface area contributed by atoms with E-state index >= 15 is 0 Å². The van der Waals surface area contributed by atoms with E-state index in [2.05, 4.69) is 15.6 Å². The number of carbonyl (C=O) groups is 1. The van der Waals surface area contributed by atoms with Crippen molar-refractivity contribution in [2.24, 2.45) is 23.2 Å². The van der Waals surface area contributed by atoms with Crippen molar-refractivity contribution in [1.82, 2.24) is 15.6 Å². The molecule has 1 heterocycles. The van der Waals surface area contributed by atoms with Gasteiger partial charge >= 0.3 is 0 Å². The van der Waals surface area contributed by atoms with Crippen molar-refractivity contribution in [3.8, 4) is 0 Å². The molecule has 1 atom stereocenters. The number of pyridine rings is 1. The Balaban J connectivity index is 1.31. The third kappa shape index (κ3) is 5.12. The Morgan fingerprint density at radius 1 is 1.28 bits per heavy atom. The summed E-state index contributed by atoms with van der Waals surface area (Å²) >= 11 is 6.30. The summed E-state index contributed by atoms with van der Waals surface area (Å²) in [5, 5.41) is 16.1. The van der Waals surface area contributed by atoms with Crippen molar-refractivity contribution in [2.45, 2.75) is 64.4 Å². The van der Waals surface area contributed by atoms with Gasteiger partial charge in [-0.05, 0) is 94.1 Å². The number of amides is 1. The normalized spacial score (nSPS) is 31.1. The van der Waals surface area contributed by atoms with Crippen LogP contribution in [0, 0.1) is 23.2 Å². The average molecular weight is 420 g/mol. The largest absolute Gasteiger partial charge is 0.392 e. The molecule has 160 valence electrons.